The lowest BCUT2D eigenvalue weighted by molar-refractivity contribution is -0.139. The van der Waals surface area contributed by atoms with Crippen molar-refractivity contribution in [3.8, 4) is 17.2 Å². The van der Waals surface area contributed by atoms with Gasteiger partial charge in [0.15, 0.2) is 0 Å². The Morgan fingerprint density at radius 1 is 1.03 bits per heavy atom. The second-order valence-electron chi connectivity index (χ2n) is 7.81. The maximum Gasteiger partial charge on any atom is 0.344 e. The van der Waals surface area contributed by atoms with Gasteiger partial charge in [0.25, 0.3) is 11.8 Å². The maximum atomic E-state index is 13.0. The Bertz CT molecular complexity index is 1040. The number of imide groups is 1. The topological polar surface area (TPSA) is 109 Å². The highest BCUT2D eigenvalue weighted by Crippen LogP contribution is 2.29. The van der Waals surface area contributed by atoms with Crippen LogP contribution in [0.5, 0.6) is 17.2 Å². The summed E-state index contributed by atoms with van der Waals surface area (Å²) in [5.41, 5.74) is 2.53. The van der Waals surface area contributed by atoms with E-state index in [0.717, 1.165) is 5.56 Å². The molecule has 1 fully saturated rings. The molecule has 1 saturated heterocycles. The van der Waals surface area contributed by atoms with Crippen molar-refractivity contribution < 1.29 is 28.6 Å². The average molecular weight is 456 g/mol. The van der Waals surface area contributed by atoms with E-state index < -0.39 is 23.4 Å². The molecule has 33 heavy (non-hydrogen) atoms. The normalized spacial score (nSPS) is 17.7. The van der Waals surface area contributed by atoms with Crippen molar-refractivity contribution in [3.63, 3.8) is 0 Å². The molecule has 2 aromatic rings. The van der Waals surface area contributed by atoms with Gasteiger partial charge in [0.2, 0.25) is 0 Å². The van der Waals surface area contributed by atoms with Crippen LogP contribution in [0.2, 0.25) is 0 Å². The average Bonchev–Trinajstić information content (AvgIpc) is 3.03. The first-order chi connectivity index (χ1) is 15.7. The number of rotatable bonds is 9. The van der Waals surface area contributed by atoms with E-state index in [2.05, 4.69) is 10.7 Å². The van der Waals surface area contributed by atoms with Crippen molar-refractivity contribution in [2.75, 3.05) is 34.9 Å². The number of hydrogen-bond acceptors (Lipinski definition) is 7. The number of methoxy groups -OCH3 is 3. The Morgan fingerprint density at radius 3 is 2.27 bits per heavy atom. The molecule has 2 N–H and O–H groups in total. The summed E-state index contributed by atoms with van der Waals surface area (Å²) in [6.45, 7) is 1.94. The number of ether oxygens (including phenoxy) is 3. The Labute approximate surface area is 192 Å². The highest BCUT2D eigenvalue weighted by Gasteiger charge is 2.50. The van der Waals surface area contributed by atoms with Crippen LogP contribution in [-0.2, 0) is 21.7 Å². The molecule has 0 saturated carbocycles. The van der Waals surface area contributed by atoms with Crippen LogP contribution in [0.25, 0.3) is 0 Å². The van der Waals surface area contributed by atoms with Gasteiger partial charge in [-0.2, -0.15) is 5.01 Å². The lowest BCUT2D eigenvalue weighted by atomic mass is 9.92. The first-order valence-electron chi connectivity index (χ1n) is 10.2. The van der Waals surface area contributed by atoms with Crippen LogP contribution >= 0.6 is 0 Å². The van der Waals surface area contributed by atoms with Gasteiger partial charge in [-0.15, -0.1) is 0 Å². The second-order valence-corrected chi connectivity index (χ2v) is 7.81. The summed E-state index contributed by atoms with van der Waals surface area (Å²) < 4.78 is 15.7. The number of hydrogen-bond donors (Lipinski definition) is 2. The minimum absolute atomic E-state index is 0.0501. The van der Waals surface area contributed by atoms with Gasteiger partial charge in [0.1, 0.15) is 22.8 Å². The van der Waals surface area contributed by atoms with Crippen molar-refractivity contribution >= 4 is 17.8 Å². The van der Waals surface area contributed by atoms with Gasteiger partial charge in [-0.25, -0.2) is 4.79 Å². The number of carbonyl (C=O) groups is 3. The molecular formula is C23H28N4O6. The van der Waals surface area contributed by atoms with Gasteiger partial charge in [-0.05, 0) is 37.7 Å². The lowest BCUT2D eigenvalue weighted by Crippen LogP contribution is -2.50. The zero-order valence-electron chi connectivity index (χ0n) is 19.3. The maximum absolute atomic E-state index is 13.0. The molecule has 2 aromatic carbocycles. The minimum Gasteiger partial charge on any atom is -0.497 e. The predicted molar refractivity (Wildman–Crippen MR) is 120 cm³/mol. The standard InChI is InChI=1S/C23H28N4O6/c1-23(16-7-10-17(31-3)11-8-16)21(29)27(22(30)24-23)25-20(28)14-26(2)13-15-6-9-18(32-4)12-19(15)33-5/h6-12H,13-14H2,1-5H3,(H,24,30)(H,25,28)/t23-/m0/s1. The summed E-state index contributed by atoms with van der Waals surface area (Å²) in [5.74, 6) is 0.833. The zero-order chi connectivity index (χ0) is 24.2. The SMILES string of the molecule is COc1ccc([C@]2(C)NC(=O)N(NC(=O)CN(C)Cc3ccc(OC)cc3OC)C2=O)cc1. The highest BCUT2D eigenvalue weighted by molar-refractivity contribution is 6.08. The summed E-state index contributed by atoms with van der Waals surface area (Å²) >= 11 is 0. The van der Waals surface area contributed by atoms with Crippen molar-refractivity contribution in [2.45, 2.75) is 19.0 Å². The second kappa shape index (κ2) is 9.78. The molecule has 0 spiro atoms. The van der Waals surface area contributed by atoms with Crippen LogP contribution in [-0.4, -0.2) is 62.7 Å². The van der Waals surface area contributed by atoms with Gasteiger partial charge < -0.3 is 19.5 Å². The van der Waals surface area contributed by atoms with Crippen molar-refractivity contribution in [2.24, 2.45) is 0 Å². The molecule has 10 heteroatoms. The largest absolute Gasteiger partial charge is 0.497 e. The van der Waals surface area contributed by atoms with Crippen LogP contribution in [0.15, 0.2) is 42.5 Å². The molecule has 0 aromatic heterocycles. The number of amides is 4. The molecule has 0 unspecified atom stereocenters. The summed E-state index contributed by atoms with van der Waals surface area (Å²) in [6.07, 6.45) is 0. The Kier molecular flexibility index (Phi) is 7.07. The summed E-state index contributed by atoms with van der Waals surface area (Å²) in [7, 11) is 6.41. The third-order valence-electron chi connectivity index (χ3n) is 5.44. The summed E-state index contributed by atoms with van der Waals surface area (Å²) in [5, 5.41) is 3.36. The molecule has 1 aliphatic heterocycles. The van der Waals surface area contributed by atoms with Crippen molar-refractivity contribution in [1.29, 1.82) is 0 Å². The number of urea groups is 1. The minimum atomic E-state index is -1.31. The first-order valence-corrected chi connectivity index (χ1v) is 10.2. The number of likely N-dealkylation sites (N-methyl/N-ethyl adjacent to an activating group) is 1. The van der Waals surface area contributed by atoms with Gasteiger partial charge >= 0.3 is 6.03 Å². The third-order valence-corrected chi connectivity index (χ3v) is 5.44. The van der Waals surface area contributed by atoms with Gasteiger partial charge in [-0.3, -0.25) is 19.9 Å². The molecule has 4 amide bonds. The third kappa shape index (κ3) is 5.01. The summed E-state index contributed by atoms with van der Waals surface area (Å²) in [4.78, 5) is 39.8. The zero-order valence-corrected chi connectivity index (χ0v) is 19.3. The number of benzene rings is 2. The molecule has 1 heterocycles. The smallest absolute Gasteiger partial charge is 0.344 e. The molecular weight excluding hydrogens is 428 g/mol. The van der Waals surface area contributed by atoms with Crippen LogP contribution < -0.4 is 25.0 Å². The van der Waals surface area contributed by atoms with Gasteiger partial charge in [0, 0.05) is 18.2 Å². The molecule has 176 valence electrons. The van der Waals surface area contributed by atoms with Crippen LogP contribution in [0, 0.1) is 0 Å². The Balaban J connectivity index is 1.64. The van der Waals surface area contributed by atoms with E-state index >= 15 is 0 Å². The number of carbonyl (C=O) groups excluding carboxylic acids is 3. The number of nitrogens with one attached hydrogen (secondary N) is 2. The monoisotopic (exact) mass is 456 g/mol. The molecule has 0 aliphatic carbocycles. The molecule has 1 aliphatic rings. The van der Waals surface area contributed by atoms with Crippen molar-refractivity contribution in [1.82, 2.24) is 20.7 Å². The van der Waals surface area contributed by atoms with Gasteiger partial charge in [-0.1, -0.05) is 18.2 Å². The Morgan fingerprint density at radius 2 is 1.67 bits per heavy atom. The fourth-order valence-corrected chi connectivity index (χ4v) is 3.60. The fraction of sp³-hybridized carbons (Fsp3) is 0.348. The lowest BCUT2D eigenvalue weighted by Gasteiger charge is -2.23. The first kappa shape index (κ1) is 23.9. The molecule has 3 rings (SSSR count). The van der Waals surface area contributed by atoms with E-state index in [1.54, 1.807) is 69.5 Å². The van der Waals surface area contributed by atoms with Crippen LogP contribution in [0.4, 0.5) is 4.79 Å². The molecule has 0 radical (unpaired) electrons. The molecule has 0 bridgehead atoms. The molecule has 10 nitrogen and oxygen atoms in total. The van der Waals surface area contributed by atoms with E-state index in [-0.39, 0.29) is 6.54 Å². The van der Waals surface area contributed by atoms with Crippen molar-refractivity contribution in [3.05, 3.63) is 53.6 Å². The number of hydrazine groups is 1. The Hall–Kier alpha value is -3.79. The van der Waals surface area contributed by atoms with Crippen LogP contribution in [0.1, 0.15) is 18.1 Å². The van der Waals surface area contributed by atoms with E-state index in [9.17, 15) is 14.4 Å². The predicted octanol–water partition coefficient (Wildman–Crippen LogP) is 1.64. The summed E-state index contributed by atoms with van der Waals surface area (Å²) in [6, 6.07) is 11.5. The quantitative estimate of drug-likeness (QED) is 0.552. The van der Waals surface area contributed by atoms with E-state index in [4.69, 9.17) is 14.2 Å². The van der Waals surface area contributed by atoms with E-state index in [1.165, 1.54) is 7.11 Å². The molecule has 1 atom stereocenters. The van der Waals surface area contributed by atoms with Crippen LogP contribution in [0.3, 0.4) is 0 Å². The van der Waals surface area contributed by atoms with E-state index in [1.807, 2.05) is 6.07 Å². The fourth-order valence-electron chi connectivity index (χ4n) is 3.60. The van der Waals surface area contributed by atoms with E-state index in [0.29, 0.717) is 34.4 Å². The number of nitrogens with zero attached hydrogens (tertiary/aromatic N) is 2. The van der Waals surface area contributed by atoms with Gasteiger partial charge in [0.05, 0.1) is 27.9 Å². The highest BCUT2D eigenvalue weighted by atomic mass is 16.5.